The minimum absolute atomic E-state index is 0.0708. The molecule has 0 aliphatic carbocycles. The van der Waals surface area contributed by atoms with Crippen molar-refractivity contribution in [2.75, 3.05) is 7.11 Å². The monoisotopic (exact) mass is 453 g/mol. The molecule has 2 aromatic heterocycles. The van der Waals surface area contributed by atoms with Crippen LogP contribution in [0.3, 0.4) is 0 Å². The first-order valence-corrected chi connectivity index (χ1v) is 10.2. The number of hydrogen-bond donors (Lipinski definition) is 1. The fourth-order valence-corrected chi connectivity index (χ4v) is 3.56. The van der Waals surface area contributed by atoms with Crippen molar-refractivity contribution in [2.45, 2.75) is 25.6 Å². The number of pyridine rings is 1. The highest BCUT2D eigenvalue weighted by atomic mass is 19.4. The van der Waals surface area contributed by atoms with Gasteiger partial charge >= 0.3 is 6.18 Å². The second-order valence-electron chi connectivity index (χ2n) is 8.03. The molecular formula is C25H22F3N3O2. The van der Waals surface area contributed by atoms with Crippen LogP contribution in [0, 0.1) is 0 Å². The van der Waals surface area contributed by atoms with Gasteiger partial charge in [-0.1, -0.05) is 30.3 Å². The third-order valence-electron chi connectivity index (χ3n) is 5.23. The van der Waals surface area contributed by atoms with E-state index in [4.69, 9.17) is 4.74 Å². The van der Waals surface area contributed by atoms with Crippen molar-refractivity contribution in [3.05, 3.63) is 84.3 Å². The van der Waals surface area contributed by atoms with Gasteiger partial charge in [-0.25, -0.2) is 9.97 Å². The van der Waals surface area contributed by atoms with Gasteiger partial charge in [0.1, 0.15) is 11.4 Å². The first-order chi connectivity index (χ1) is 15.6. The lowest BCUT2D eigenvalue weighted by Crippen LogP contribution is -2.15. The van der Waals surface area contributed by atoms with Crippen LogP contribution < -0.4 is 4.74 Å². The molecule has 4 aromatic rings. The molecule has 0 saturated carbocycles. The van der Waals surface area contributed by atoms with Crippen molar-refractivity contribution >= 4 is 0 Å². The Morgan fingerprint density at radius 2 is 1.58 bits per heavy atom. The molecule has 0 saturated heterocycles. The third-order valence-corrected chi connectivity index (χ3v) is 5.23. The first kappa shape index (κ1) is 22.5. The van der Waals surface area contributed by atoms with Crippen LogP contribution in [0.2, 0.25) is 0 Å². The van der Waals surface area contributed by atoms with Gasteiger partial charge < -0.3 is 9.84 Å². The Balaban J connectivity index is 1.86. The zero-order valence-electron chi connectivity index (χ0n) is 18.3. The molecule has 0 atom stereocenters. The minimum atomic E-state index is -4.55. The van der Waals surface area contributed by atoms with Crippen LogP contribution in [0.25, 0.3) is 28.2 Å². The van der Waals surface area contributed by atoms with E-state index in [0.717, 1.165) is 17.2 Å². The molecule has 170 valence electrons. The number of halogens is 3. The summed E-state index contributed by atoms with van der Waals surface area (Å²) in [5, 5.41) is 10.5. The number of aliphatic hydroxyl groups is 1. The number of methoxy groups -OCH3 is 1. The maximum absolute atomic E-state index is 13.7. The summed E-state index contributed by atoms with van der Waals surface area (Å²) < 4.78 is 48.0. The van der Waals surface area contributed by atoms with E-state index in [1.54, 1.807) is 35.2 Å². The standard InChI is InChI=1S/C25H22F3N3O2/c1-24(2,32)21-15-31(22(30-21)19-7-4-5-9-20(19)25(26,27)28)17-12-10-16(11-13-17)18-8-6-14-29-23(18)33-3/h4-15,32H,1-3H3. The molecule has 0 bridgehead atoms. The van der Waals surface area contributed by atoms with Crippen molar-refractivity contribution in [1.82, 2.24) is 14.5 Å². The number of imidazole rings is 1. The molecule has 0 radical (unpaired) electrons. The van der Waals surface area contributed by atoms with Crippen molar-refractivity contribution in [3.8, 4) is 34.1 Å². The maximum atomic E-state index is 13.7. The Hall–Kier alpha value is -3.65. The molecule has 0 aliphatic rings. The van der Waals surface area contributed by atoms with Crippen LogP contribution in [0.4, 0.5) is 13.2 Å². The predicted octanol–water partition coefficient (Wildman–Crippen LogP) is 5.86. The normalized spacial score (nSPS) is 12.1. The van der Waals surface area contributed by atoms with Gasteiger partial charge in [-0.05, 0) is 49.7 Å². The summed E-state index contributed by atoms with van der Waals surface area (Å²) in [5.74, 6) is 0.559. The summed E-state index contributed by atoms with van der Waals surface area (Å²) in [6.07, 6.45) is -1.37. The number of aromatic nitrogens is 3. The molecule has 2 heterocycles. The Bertz CT molecular complexity index is 1270. The number of ether oxygens (including phenoxy) is 1. The molecular weight excluding hydrogens is 431 g/mol. The minimum Gasteiger partial charge on any atom is -0.481 e. The van der Waals surface area contributed by atoms with E-state index in [2.05, 4.69) is 9.97 Å². The summed E-state index contributed by atoms with van der Waals surface area (Å²) in [5.41, 5.74) is 0.273. The number of benzene rings is 2. The summed E-state index contributed by atoms with van der Waals surface area (Å²) in [6.45, 7) is 3.08. The van der Waals surface area contributed by atoms with Crippen LogP contribution in [0.1, 0.15) is 25.1 Å². The van der Waals surface area contributed by atoms with E-state index in [9.17, 15) is 18.3 Å². The second-order valence-corrected chi connectivity index (χ2v) is 8.03. The zero-order valence-corrected chi connectivity index (χ0v) is 18.3. The van der Waals surface area contributed by atoms with Gasteiger partial charge in [0.05, 0.1) is 18.4 Å². The topological polar surface area (TPSA) is 60.2 Å². The molecule has 33 heavy (non-hydrogen) atoms. The summed E-state index contributed by atoms with van der Waals surface area (Å²) in [6, 6.07) is 16.2. The van der Waals surface area contributed by atoms with Gasteiger partial charge in [-0.2, -0.15) is 13.2 Å². The van der Waals surface area contributed by atoms with Crippen molar-refractivity contribution in [2.24, 2.45) is 0 Å². The fourth-order valence-electron chi connectivity index (χ4n) is 3.56. The van der Waals surface area contributed by atoms with E-state index in [1.807, 2.05) is 18.2 Å². The van der Waals surface area contributed by atoms with Crippen molar-refractivity contribution < 1.29 is 23.0 Å². The molecule has 0 fully saturated rings. The lowest BCUT2D eigenvalue weighted by Gasteiger charge is -2.14. The molecule has 1 N–H and O–H groups in total. The molecule has 0 aliphatic heterocycles. The summed E-state index contributed by atoms with van der Waals surface area (Å²) >= 11 is 0. The molecule has 2 aromatic carbocycles. The fraction of sp³-hybridized carbons (Fsp3) is 0.200. The van der Waals surface area contributed by atoms with Crippen molar-refractivity contribution in [1.29, 1.82) is 0 Å². The van der Waals surface area contributed by atoms with Crippen LogP contribution in [-0.4, -0.2) is 26.8 Å². The average molecular weight is 453 g/mol. The van der Waals surface area contributed by atoms with Gasteiger partial charge in [0.25, 0.3) is 0 Å². The predicted molar refractivity (Wildman–Crippen MR) is 119 cm³/mol. The first-order valence-electron chi connectivity index (χ1n) is 10.2. The van der Waals surface area contributed by atoms with Gasteiger partial charge in [0.15, 0.2) is 0 Å². The van der Waals surface area contributed by atoms with Gasteiger partial charge in [-0.15, -0.1) is 0 Å². The average Bonchev–Trinajstić information content (AvgIpc) is 3.25. The molecule has 0 amide bonds. The molecule has 4 rings (SSSR count). The van der Waals surface area contributed by atoms with Gasteiger partial charge in [0, 0.05) is 29.2 Å². The highest BCUT2D eigenvalue weighted by Gasteiger charge is 2.35. The van der Waals surface area contributed by atoms with Crippen molar-refractivity contribution in [3.63, 3.8) is 0 Å². The largest absolute Gasteiger partial charge is 0.481 e. The van der Waals surface area contributed by atoms with E-state index >= 15 is 0 Å². The third kappa shape index (κ3) is 4.47. The number of hydrogen-bond acceptors (Lipinski definition) is 4. The van der Waals surface area contributed by atoms with Crippen LogP contribution >= 0.6 is 0 Å². The zero-order chi connectivity index (χ0) is 23.8. The number of rotatable bonds is 5. The van der Waals surface area contributed by atoms with Gasteiger partial charge in [-0.3, -0.25) is 4.57 Å². The summed E-state index contributed by atoms with van der Waals surface area (Å²) in [7, 11) is 1.54. The maximum Gasteiger partial charge on any atom is 0.417 e. The Morgan fingerprint density at radius 3 is 2.21 bits per heavy atom. The quantitative estimate of drug-likeness (QED) is 0.411. The summed E-state index contributed by atoms with van der Waals surface area (Å²) in [4.78, 5) is 8.59. The highest BCUT2D eigenvalue weighted by molar-refractivity contribution is 5.70. The van der Waals surface area contributed by atoms with E-state index < -0.39 is 17.3 Å². The van der Waals surface area contributed by atoms with E-state index in [1.165, 1.54) is 39.2 Å². The lowest BCUT2D eigenvalue weighted by atomic mass is 10.1. The Labute approximate surface area is 189 Å². The Kier molecular flexibility index (Phi) is 5.71. The second kappa shape index (κ2) is 8.37. The smallest absolute Gasteiger partial charge is 0.417 e. The lowest BCUT2D eigenvalue weighted by molar-refractivity contribution is -0.137. The number of nitrogens with zero attached hydrogens (tertiary/aromatic N) is 3. The highest BCUT2D eigenvalue weighted by Crippen LogP contribution is 2.38. The molecule has 0 unspecified atom stereocenters. The van der Waals surface area contributed by atoms with Gasteiger partial charge in [0.2, 0.25) is 5.88 Å². The Morgan fingerprint density at radius 1 is 0.909 bits per heavy atom. The molecule has 5 nitrogen and oxygen atoms in total. The molecule has 0 spiro atoms. The number of alkyl halides is 3. The van der Waals surface area contributed by atoms with E-state index in [-0.39, 0.29) is 17.1 Å². The van der Waals surface area contributed by atoms with Crippen LogP contribution in [0.15, 0.2) is 73.1 Å². The van der Waals surface area contributed by atoms with Crippen LogP contribution in [-0.2, 0) is 11.8 Å². The van der Waals surface area contributed by atoms with Crippen LogP contribution in [0.5, 0.6) is 5.88 Å². The SMILES string of the molecule is COc1ncccc1-c1ccc(-n2cc(C(C)(C)O)nc2-c2ccccc2C(F)(F)F)cc1. The van der Waals surface area contributed by atoms with E-state index in [0.29, 0.717) is 11.6 Å². The molecule has 8 heteroatoms.